The van der Waals surface area contributed by atoms with Gasteiger partial charge in [-0.2, -0.15) is 0 Å². The monoisotopic (exact) mass is 294 g/mol. The number of rotatable bonds is 3. The number of benzene rings is 1. The van der Waals surface area contributed by atoms with E-state index in [0.29, 0.717) is 0 Å². The van der Waals surface area contributed by atoms with E-state index in [0.717, 1.165) is 10.2 Å². The van der Waals surface area contributed by atoms with Crippen molar-refractivity contribution in [2.45, 2.75) is 9.32 Å². The van der Waals surface area contributed by atoms with E-state index < -0.39 is 0 Å². The van der Waals surface area contributed by atoms with E-state index in [1.807, 2.05) is 0 Å². The molecule has 0 saturated heterocycles. The first-order chi connectivity index (χ1) is 5.81. The predicted molar refractivity (Wildman–Crippen MR) is 62.5 cm³/mol. The average Bonchev–Trinajstić information content (AvgIpc) is 2.16. The minimum Gasteiger partial charge on any atom is -0.496 e. The van der Waals surface area contributed by atoms with Crippen molar-refractivity contribution in [3.05, 3.63) is 23.8 Å². The number of alkyl halides is 1. The highest BCUT2D eigenvalue weighted by Gasteiger charge is 2.01. The van der Waals surface area contributed by atoms with Crippen LogP contribution >= 0.6 is 34.4 Å². The number of hydrogen-bond acceptors (Lipinski definition) is 2. The van der Waals surface area contributed by atoms with Crippen LogP contribution in [0.5, 0.6) is 5.75 Å². The molecule has 0 aliphatic rings. The van der Waals surface area contributed by atoms with Gasteiger partial charge in [-0.05, 0) is 24.0 Å². The zero-order valence-electron chi connectivity index (χ0n) is 7.13. The quantitative estimate of drug-likeness (QED) is 0.480. The van der Waals surface area contributed by atoms with Crippen molar-refractivity contribution in [2.24, 2.45) is 0 Å². The minimum absolute atomic E-state index is 0.983. The molecule has 1 aromatic carbocycles. The van der Waals surface area contributed by atoms with Crippen LogP contribution in [0.1, 0.15) is 5.56 Å². The lowest BCUT2D eigenvalue weighted by atomic mass is 10.2. The summed E-state index contributed by atoms with van der Waals surface area (Å²) in [6.45, 7) is 0. The molecule has 0 heterocycles. The Labute approximate surface area is 91.0 Å². The van der Waals surface area contributed by atoms with Gasteiger partial charge in [-0.1, -0.05) is 28.7 Å². The van der Waals surface area contributed by atoms with E-state index >= 15 is 0 Å². The van der Waals surface area contributed by atoms with Crippen molar-refractivity contribution < 1.29 is 4.74 Å². The summed E-state index contributed by atoms with van der Waals surface area (Å²) in [5.41, 5.74) is 1.31. The molecular formula is C9H11IOS. The second-order valence-corrected chi connectivity index (χ2v) is 3.93. The van der Waals surface area contributed by atoms with Gasteiger partial charge in [-0.25, -0.2) is 0 Å². The summed E-state index contributed by atoms with van der Waals surface area (Å²) in [5.74, 6) is 0.983. The second kappa shape index (κ2) is 4.97. The van der Waals surface area contributed by atoms with Crippen LogP contribution in [0, 0.1) is 0 Å². The molecule has 0 fully saturated rings. The molecule has 0 aliphatic heterocycles. The van der Waals surface area contributed by atoms with Crippen LogP contribution in [0.25, 0.3) is 0 Å². The summed E-state index contributed by atoms with van der Waals surface area (Å²) >= 11 is 4.06. The molecule has 0 N–H and O–H groups in total. The van der Waals surface area contributed by atoms with Gasteiger partial charge in [0.2, 0.25) is 0 Å². The van der Waals surface area contributed by atoms with Crippen LogP contribution in [0.15, 0.2) is 23.1 Å². The average molecular weight is 294 g/mol. The number of methoxy groups -OCH3 is 1. The number of ether oxygens (including phenoxy) is 1. The Morgan fingerprint density at radius 2 is 2.25 bits per heavy atom. The van der Waals surface area contributed by atoms with Gasteiger partial charge in [0.05, 0.1) is 7.11 Å². The van der Waals surface area contributed by atoms with Crippen LogP contribution in [-0.4, -0.2) is 13.4 Å². The SMILES string of the molecule is COc1cc(CI)ccc1SC. The molecule has 1 rings (SSSR count). The van der Waals surface area contributed by atoms with Crippen molar-refractivity contribution in [2.75, 3.05) is 13.4 Å². The lowest BCUT2D eigenvalue weighted by molar-refractivity contribution is 0.404. The zero-order valence-corrected chi connectivity index (χ0v) is 10.1. The van der Waals surface area contributed by atoms with E-state index in [1.54, 1.807) is 18.9 Å². The molecule has 0 saturated carbocycles. The fourth-order valence-electron chi connectivity index (χ4n) is 0.964. The third-order valence-corrected chi connectivity index (χ3v) is 3.26. The number of thioether (sulfide) groups is 1. The van der Waals surface area contributed by atoms with Crippen LogP contribution in [0.2, 0.25) is 0 Å². The Balaban J connectivity index is 3.02. The zero-order chi connectivity index (χ0) is 8.97. The third kappa shape index (κ3) is 2.29. The molecule has 0 spiro atoms. The lowest BCUT2D eigenvalue weighted by Gasteiger charge is -2.06. The van der Waals surface area contributed by atoms with Crippen molar-refractivity contribution in [3.8, 4) is 5.75 Å². The fraction of sp³-hybridized carbons (Fsp3) is 0.333. The van der Waals surface area contributed by atoms with Crippen molar-refractivity contribution >= 4 is 34.4 Å². The molecule has 0 unspecified atom stereocenters. The van der Waals surface area contributed by atoms with Crippen molar-refractivity contribution in [1.29, 1.82) is 0 Å². The minimum atomic E-state index is 0.983. The molecule has 12 heavy (non-hydrogen) atoms. The maximum absolute atomic E-state index is 5.25. The van der Waals surface area contributed by atoms with Gasteiger partial charge in [-0.3, -0.25) is 0 Å². The summed E-state index contributed by atoms with van der Waals surface area (Å²) in [6.07, 6.45) is 2.06. The van der Waals surface area contributed by atoms with Gasteiger partial charge in [0, 0.05) is 9.32 Å². The third-order valence-electron chi connectivity index (χ3n) is 1.60. The van der Waals surface area contributed by atoms with E-state index in [2.05, 4.69) is 47.0 Å². The van der Waals surface area contributed by atoms with Crippen LogP contribution in [0.3, 0.4) is 0 Å². The largest absolute Gasteiger partial charge is 0.496 e. The summed E-state index contributed by atoms with van der Waals surface area (Å²) in [7, 11) is 1.71. The Morgan fingerprint density at radius 3 is 2.75 bits per heavy atom. The summed E-state index contributed by atoms with van der Waals surface area (Å²) in [4.78, 5) is 1.20. The van der Waals surface area contributed by atoms with Gasteiger partial charge < -0.3 is 4.74 Å². The molecule has 0 atom stereocenters. The fourth-order valence-corrected chi connectivity index (χ4v) is 1.99. The maximum atomic E-state index is 5.25. The smallest absolute Gasteiger partial charge is 0.132 e. The Hall–Kier alpha value is 0.1000. The van der Waals surface area contributed by atoms with E-state index in [1.165, 1.54) is 10.5 Å². The highest BCUT2D eigenvalue weighted by atomic mass is 127. The molecule has 66 valence electrons. The topological polar surface area (TPSA) is 9.23 Å². The summed E-state index contributed by atoms with van der Waals surface area (Å²) < 4.78 is 6.29. The number of halogens is 1. The van der Waals surface area contributed by atoms with Crippen molar-refractivity contribution in [3.63, 3.8) is 0 Å². The molecule has 0 bridgehead atoms. The Kier molecular flexibility index (Phi) is 4.21. The van der Waals surface area contributed by atoms with Gasteiger partial charge >= 0.3 is 0 Å². The van der Waals surface area contributed by atoms with Gasteiger partial charge in [-0.15, -0.1) is 11.8 Å². The standard InChI is InChI=1S/C9H11IOS/c1-11-8-5-7(6-10)3-4-9(8)12-2/h3-5H,6H2,1-2H3. The first-order valence-corrected chi connectivity index (χ1v) is 6.33. The first kappa shape index (κ1) is 10.2. The molecule has 0 amide bonds. The predicted octanol–water partition coefficient (Wildman–Crippen LogP) is 3.35. The Bertz CT molecular complexity index is 263. The number of hydrogen-bond donors (Lipinski definition) is 0. The Morgan fingerprint density at radius 1 is 1.50 bits per heavy atom. The van der Waals surface area contributed by atoms with Gasteiger partial charge in [0.25, 0.3) is 0 Å². The summed E-state index contributed by atoms with van der Waals surface area (Å²) in [6, 6.07) is 6.34. The molecule has 3 heteroatoms. The second-order valence-electron chi connectivity index (χ2n) is 2.32. The van der Waals surface area contributed by atoms with Gasteiger partial charge in [0.15, 0.2) is 0 Å². The summed E-state index contributed by atoms with van der Waals surface area (Å²) in [5, 5.41) is 0. The van der Waals surface area contributed by atoms with E-state index in [4.69, 9.17) is 4.74 Å². The van der Waals surface area contributed by atoms with Gasteiger partial charge in [0.1, 0.15) is 5.75 Å². The normalized spacial score (nSPS) is 9.92. The van der Waals surface area contributed by atoms with E-state index in [-0.39, 0.29) is 0 Å². The first-order valence-electron chi connectivity index (χ1n) is 3.58. The molecule has 0 radical (unpaired) electrons. The molecule has 1 nitrogen and oxygen atoms in total. The molecule has 0 aromatic heterocycles. The maximum Gasteiger partial charge on any atom is 0.132 e. The highest BCUT2D eigenvalue weighted by Crippen LogP contribution is 2.28. The molecule has 0 aliphatic carbocycles. The van der Waals surface area contributed by atoms with E-state index in [9.17, 15) is 0 Å². The highest BCUT2D eigenvalue weighted by molar-refractivity contribution is 14.1. The lowest BCUT2D eigenvalue weighted by Crippen LogP contribution is -1.87. The van der Waals surface area contributed by atoms with Crippen LogP contribution in [-0.2, 0) is 4.43 Å². The van der Waals surface area contributed by atoms with Crippen molar-refractivity contribution in [1.82, 2.24) is 0 Å². The van der Waals surface area contributed by atoms with Crippen LogP contribution in [0.4, 0.5) is 0 Å². The molecular weight excluding hydrogens is 283 g/mol. The molecule has 1 aromatic rings. The van der Waals surface area contributed by atoms with Crippen LogP contribution < -0.4 is 4.74 Å².